The van der Waals surface area contributed by atoms with Crippen LogP contribution in [0.4, 0.5) is 5.69 Å². The van der Waals surface area contributed by atoms with Gasteiger partial charge in [0.05, 0.1) is 19.9 Å². The van der Waals surface area contributed by atoms with Gasteiger partial charge in [0.1, 0.15) is 12.1 Å². The summed E-state index contributed by atoms with van der Waals surface area (Å²) in [6.07, 6.45) is 0. The number of benzene rings is 2. The molecule has 0 bridgehead atoms. The predicted octanol–water partition coefficient (Wildman–Crippen LogP) is 2.75. The number of hydrogen-bond donors (Lipinski definition) is 1. The van der Waals surface area contributed by atoms with Gasteiger partial charge in [0.15, 0.2) is 17.3 Å². The maximum Gasteiger partial charge on any atom is 0.237 e. The van der Waals surface area contributed by atoms with E-state index in [9.17, 15) is 4.79 Å². The smallest absolute Gasteiger partial charge is 0.237 e. The van der Waals surface area contributed by atoms with E-state index in [4.69, 9.17) is 20.0 Å². The van der Waals surface area contributed by atoms with E-state index >= 15 is 0 Å². The van der Waals surface area contributed by atoms with Crippen molar-refractivity contribution in [1.82, 2.24) is 0 Å². The van der Waals surface area contributed by atoms with Gasteiger partial charge in [-0.25, -0.2) is 0 Å². The Balaban J connectivity index is 2.29. The van der Waals surface area contributed by atoms with Crippen molar-refractivity contribution in [3.8, 4) is 23.6 Å². The second kappa shape index (κ2) is 8.14. The maximum absolute atomic E-state index is 12.7. The van der Waals surface area contributed by atoms with Crippen molar-refractivity contribution in [2.45, 2.75) is 0 Å². The second-order valence-electron chi connectivity index (χ2n) is 4.78. The van der Waals surface area contributed by atoms with Crippen molar-refractivity contribution in [3.05, 3.63) is 53.6 Å². The van der Waals surface area contributed by atoms with Gasteiger partial charge < -0.3 is 9.47 Å². The van der Waals surface area contributed by atoms with Crippen LogP contribution in [0.5, 0.6) is 11.5 Å². The zero-order valence-electron chi connectivity index (χ0n) is 13.6. The Bertz CT molecular complexity index is 891. The quantitative estimate of drug-likeness (QED) is 0.494. The molecule has 0 spiro atoms. The van der Waals surface area contributed by atoms with E-state index in [-0.39, 0.29) is 11.5 Å². The van der Waals surface area contributed by atoms with Crippen LogP contribution in [0.25, 0.3) is 0 Å². The Kier molecular flexibility index (Phi) is 5.70. The molecule has 0 atom stereocenters. The fourth-order valence-electron chi connectivity index (χ4n) is 2.07. The molecule has 0 saturated heterocycles. The number of carbonyl (C=O) groups excluding carboxylic acids is 1. The number of nitriles is 2. The summed E-state index contributed by atoms with van der Waals surface area (Å²) in [4.78, 5) is 12.7. The second-order valence-corrected chi connectivity index (χ2v) is 4.78. The van der Waals surface area contributed by atoms with Crippen molar-refractivity contribution >= 4 is 17.2 Å². The molecule has 1 N–H and O–H groups in total. The summed E-state index contributed by atoms with van der Waals surface area (Å²) in [6, 6.07) is 14.8. The molecule has 0 radical (unpaired) electrons. The molecule has 2 aromatic rings. The summed E-state index contributed by atoms with van der Waals surface area (Å²) in [5.74, 6) is 0.777. The largest absolute Gasteiger partial charge is 0.493 e. The molecule has 0 heterocycles. The Morgan fingerprint density at radius 3 is 2.32 bits per heavy atom. The minimum absolute atomic E-state index is 0.214. The first-order valence-electron chi connectivity index (χ1n) is 7.13. The third-order valence-corrected chi connectivity index (χ3v) is 3.28. The van der Waals surface area contributed by atoms with Crippen LogP contribution in [0.2, 0.25) is 0 Å². The van der Waals surface area contributed by atoms with E-state index in [0.29, 0.717) is 28.3 Å². The van der Waals surface area contributed by atoms with Gasteiger partial charge in [-0.15, -0.1) is 0 Å². The molecule has 7 nitrogen and oxygen atoms in total. The molecule has 7 heteroatoms. The van der Waals surface area contributed by atoms with Crippen LogP contribution < -0.4 is 14.9 Å². The van der Waals surface area contributed by atoms with Crippen LogP contribution in [0.15, 0.2) is 47.6 Å². The first-order valence-corrected chi connectivity index (χ1v) is 7.13. The number of nitrogens with zero attached hydrogens (tertiary/aromatic N) is 3. The average Bonchev–Trinajstić information content (AvgIpc) is 2.67. The van der Waals surface area contributed by atoms with Gasteiger partial charge in [-0.05, 0) is 30.3 Å². The number of nitrogens with one attached hydrogen (secondary N) is 1. The first kappa shape index (κ1) is 17.5. The number of carbonyl (C=O) groups is 1. The number of anilines is 1. The van der Waals surface area contributed by atoms with Crippen LogP contribution in [-0.4, -0.2) is 25.7 Å². The molecule has 0 amide bonds. The fourth-order valence-corrected chi connectivity index (χ4v) is 2.07. The molecule has 0 aliphatic carbocycles. The van der Waals surface area contributed by atoms with Crippen LogP contribution in [0.1, 0.15) is 15.9 Å². The number of rotatable bonds is 6. The minimum atomic E-state index is -0.309. The van der Waals surface area contributed by atoms with Gasteiger partial charge in [-0.2, -0.15) is 15.6 Å². The maximum atomic E-state index is 12.7. The lowest BCUT2D eigenvalue weighted by atomic mass is 10.0. The topological polar surface area (TPSA) is 107 Å². The molecule has 2 aromatic carbocycles. The Labute approximate surface area is 144 Å². The highest BCUT2D eigenvalue weighted by Crippen LogP contribution is 2.28. The molecule has 0 aliphatic rings. The lowest BCUT2D eigenvalue weighted by molar-refractivity contribution is 0.103. The molecule has 0 aromatic heterocycles. The SMILES string of the molecule is COc1ccc(C(=O)c2cccc(NN=C(C#N)C#N)c2)cc1OC. The third kappa shape index (κ3) is 4.12. The van der Waals surface area contributed by atoms with E-state index in [1.54, 1.807) is 54.6 Å². The van der Waals surface area contributed by atoms with Crippen molar-refractivity contribution in [1.29, 1.82) is 10.5 Å². The Morgan fingerprint density at radius 2 is 1.68 bits per heavy atom. The molecule has 0 saturated carbocycles. The highest BCUT2D eigenvalue weighted by molar-refractivity contribution is 6.11. The fraction of sp³-hybridized carbons (Fsp3) is 0.111. The average molecular weight is 334 g/mol. The molecule has 25 heavy (non-hydrogen) atoms. The van der Waals surface area contributed by atoms with E-state index < -0.39 is 0 Å². The van der Waals surface area contributed by atoms with Gasteiger partial charge in [-0.1, -0.05) is 12.1 Å². The number of methoxy groups -OCH3 is 2. The number of ketones is 1. The molecular formula is C18H14N4O3. The summed E-state index contributed by atoms with van der Waals surface area (Å²) in [7, 11) is 3.02. The summed E-state index contributed by atoms with van der Waals surface area (Å²) in [6.45, 7) is 0. The van der Waals surface area contributed by atoms with Crippen molar-refractivity contribution in [3.63, 3.8) is 0 Å². The van der Waals surface area contributed by atoms with E-state index in [1.165, 1.54) is 14.2 Å². The third-order valence-electron chi connectivity index (χ3n) is 3.28. The lowest BCUT2D eigenvalue weighted by Gasteiger charge is -2.09. The van der Waals surface area contributed by atoms with Gasteiger partial charge >= 0.3 is 0 Å². The van der Waals surface area contributed by atoms with Crippen LogP contribution in [-0.2, 0) is 0 Å². The van der Waals surface area contributed by atoms with Gasteiger partial charge in [0, 0.05) is 11.1 Å². The standard InChI is InChI=1S/C18H14N4O3/c1-24-16-7-6-13(9-17(16)25-2)18(23)12-4-3-5-14(8-12)21-22-15(10-19)11-20/h3-9,21H,1-2H3. The normalized spacial score (nSPS) is 9.28. The molecule has 0 aliphatic heterocycles. The molecule has 124 valence electrons. The van der Waals surface area contributed by atoms with Gasteiger partial charge in [0.25, 0.3) is 0 Å². The Morgan fingerprint density at radius 1 is 1.00 bits per heavy atom. The molecule has 2 rings (SSSR count). The summed E-state index contributed by atoms with van der Waals surface area (Å²) in [5.41, 5.74) is 3.61. The van der Waals surface area contributed by atoms with E-state index in [1.807, 2.05) is 0 Å². The predicted molar refractivity (Wildman–Crippen MR) is 91.7 cm³/mol. The van der Waals surface area contributed by atoms with Crippen LogP contribution in [0.3, 0.4) is 0 Å². The summed E-state index contributed by atoms with van der Waals surface area (Å²) >= 11 is 0. The highest BCUT2D eigenvalue weighted by atomic mass is 16.5. The first-order chi connectivity index (χ1) is 12.1. The summed E-state index contributed by atoms with van der Waals surface area (Å²) < 4.78 is 10.4. The van der Waals surface area contributed by atoms with Crippen LogP contribution in [0, 0.1) is 22.7 Å². The number of hydrazone groups is 1. The van der Waals surface area contributed by atoms with Gasteiger partial charge in [-0.3, -0.25) is 10.2 Å². The molecule has 0 unspecified atom stereocenters. The van der Waals surface area contributed by atoms with E-state index in [0.717, 1.165) is 0 Å². The van der Waals surface area contributed by atoms with Crippen LogP contribution >= 0.6 is 0 Å². The monoisotopic (exact) mass is 334 g/mol. The van der Waals surface area contributed by atoms with Crippen molar-refractivity contribution in [2.75, 3.05) is 19.6 Å². The zero-order chi connectivity index (χ0) is 18.2. The van der Waals surface area contributed by atoms with Crippen molar-refractivity contribution < 1.29 is 14.3 Å². The number of ether oxygens (including phenoxy) is 2. The van der Waals surface area contributed by atoms with Crippen molar-refractivity contribution in [2.24, 2.45) is 5.10 Å². The summed E-state index contributed by atoms with van der Waals surface area (Å²) in [5, 5.41) is 21.0. The molecular weight excluding hydrogens is 320 g/mol. The number of hydrogen-bond acceptors (Lipinski definition) is 7. The Hall–Kier alpha value is -3.84. The zero-order valence-corrected chi connectivity index (χ0v) is 13.6. The van der Waals surface area contributed by atoms with E-state index in [2.05, 4.69) is 10.5 Å². The molecule has 0 fully saturated rings. The lowest BCUT2D eigenvalue weighted by Crippen LogP contribution is -2.03. The van der Waals surface area contributed by atoms with Gasteiger partial charge in [0.2, 0.25) is 5.71 Å². The minimum Gasteiger partial charge on any atom is -0.493 e. The highest BCUT2D eigenvalue weighted by Gasteiger charge is 2.13.